The van der Waals surface area contributed by atoms with E-state index >= 15 is 0 Å². The van der Waals surface area contributed by atoms with Crippen molar-refractivity contribution in [3.8, 4) is 0 Å². The molecule has 1 saturated carbocycles. The number of ether oxygens (including phenoxy) is 1. The number of fused-ring (bicyclic) bond motifs is 1. The SMILES string of the molecule is CCC(C)NC(=O)CCNC1C2CCCOC2C1(C)C. The Morgan fingerprint density at radius 3 is 2.90 bits per heavy atom. The summed E-state index contributed by atoms with van der Waals surface area (Å²) in [6.07, 6.45) is 4.38. The first-order valence-electron chi connectivity index (χ1n) is 8.11. The maximum Gasteiger partial charge on any atom is 0.221 e. The third-order valence-electron chi connectivity index (χ3n) is 5.07. The van der Waals surface area contributed by atoms with Gasteiger partial charge in [-0.05, 0) is 26.2 Å². The number of carbonyl (C=O) groups is 1. The summed E-state index contributed by atoms with van der Waals surface area (Å²) in [7, 11) is 0. The van der Waals surface area contributed by atoms with Crippen molar-refractivity contribution in [1.82, 2.24) is 10.6 Å². The highest BCUT2D eigenvalue weighted by atomic mass is 16.5. The number of rotatable bonds is 6. The van der Waals surface area contributed by atoms with E-state index in [0.29, 0.717) is 24.5 Å². The van der Waals surface area contributed by atoms with Gasteiger partial charge in [-0.15, -0.1) is 0 Å². The second kappa shape index (κ2) is 6.44. The first-order valence-corrected chi connectivity index (χ1v) is 8.11. The van der Waals surface area contributed by atoms with E-state index in [-0.39, 0.29) is 17.4 Å². The van der Waals surface area contributed by atoms with Crippen molar-refractivity contribution in [3.63, 3.8) is 0 Å². The van der Waals surface area contributed by atoms with Gasteiger partial charge in [-0.3, -0.25) is 4.79 Å². The summed E-state index contributed by atoms with van der Waals surface area (Å²) >= 11 is 0. The van der Waals surface area contributed by atoms with Crippen LogP contribution in [0.15, 0.2) is 0 Å². The maximum absolute atomic E-state index is 11.8. The molecule has 4 atom stereocenters. The van der Waals surface area contributed by atoms with E-state index in [1.807, 2.05) is 6.92 Å². The van der Waals surface area contributed by atoms with Crippen LogP contribution in [0.5, 0.6) is 0 Å². The van der Waals surface area contributed by atoms with Gasteiger partial charge in [0.05, 0.1) is 6.10 Å². The highest BCUT2D eigenvalue weighted by Gasteiger charge is 2.57. The van der Waals surface area contributed by atoms with E-state index in [4.69, 9.17) is 4.74 Å². The Bertz CT molecular complexity index is 343. The minimum atomic E-state index is 0.153. The van der Waals surface area contributed by atoms with Crippen molar-refractivity contribution >= 4 is 5.91 Å². The van der Waals surface area contributed by atoms with Crippen molar-refractivity contribution in [3.05, 3.63) is 0 Å². The molecule has 1 heterocycles. The second-order valence-corrected chi connectivity index (χ2v) is 6.98. The van der Waals surface area contributed by atoms with Gasteiger partial charge in [-0.25, -0.2) is 0 Å². The number of carbonyl (C=O) groups excluding carboxylic acids is 1. The Morgan fingerprint density at radius 2 is 2.20 bits per heavy atom. The number of hydrogen-bond acceptors (Lipinski definition) is 3. The van der Waals surface area contributed by atoms with Crippen molar-refractivity contribution in [2.24, 2.45) is 11.3 Å². The second-order valence-electron chi connectivity index (χ2n) is 6.98. The van der Waals surface area contributed by atoms with Crippen LogP contribution in [0.25, 0.3) is 0 Å². The average molecular weight is 282 g/mol. The Labute approximate surface area is 123 Å². The summed E-state index contributed by atoms with van der Waals surface area (Å²) in [5, 5.41) is 6.60. The van der Waals surface area contributed by atoms with Gasteiger partial charge in [0.15, 0.2) is 0 Å². The predicted molar refractivity (Wildman–Crippen MR) is 80.5 cm³/mol. The van der Waals surface area contributed by atoms with Crippen LogP contribution in [0.4, 0.5) is 0 Å². The molecule has 4 nitrogen and oxygen atoms in total. The zero-order valence-corrected chi connectivity index (χ0v) is 13.4. The van der Waals surface area contributed by atoms with Crippen LogP contribution >= 0.6 is 0 Å². The standard InChI is InChI=1S/C16H30N2O2/c1-5-11(2)18-13(19)8-9-17-14-12-7-6-10-20-15(12)16(14,3)4/h11-12,14-15,17H,5-10H2,1-4H3,(H,18,19). The van der Waals surface area contributed by atoms with Crippen LogP contribution in [-0.4, -0.2) is 37.2 Å². The van der Waals surface area contributed by atoms with E-state index in [9.17, 15) is 4.79 Å². The van der Waals surface area contributed by atoms with Crippen LogP contribution < -0.4 is 10.6 Å². The van der Waals surface area contributed by atoms with Gasteiger partial charge in [0, 0.05) is 43.0 Å². The molecule has 0 aromatic heterocycles. The normalized spacial score (nSPS) is 32.9. The maximum atomic E-state index is 11.8. The lowest BCUT2D eigenvalue weighted by molar-refractivity contribution is -0.192. The molecule has 0 aromatic carbocycles. The molecule has 1 saturated heterocycles. The molecule has 1 aliphatic heterocycles. The Hall–Kier alpha value is -0.610. The molecule has 1 aliphatic carbocycles. The molecule has 116 valence electrons. The molecule has 0 radical (unpaired) electrons. The lowest BCUT2D eigenvalue weighted by Crippen LogP contribution is -2.69. The van der Waals surface area contributed by atoms with Gasteiger partial charge >= 0.3 is 0 Å². The van der Waals surface area contributed by atoms with Crippen LogP contribution in [-0.2, 0) is 9.53 Å². The molecule has 4 heteroatoms. The molecular weight excluding hydrogens is 252 g/mol. The molecule has 2 N–H and O–H groups in total. The van der Waals surface area contributed by atoms with Gasteiger partial charge in [0.25, 0.3) is 0 Å². The van der Waals surface area contributed by atoms with Gasteiger partial charge < -0.3 is 15.4 Å². The zero-order valence-electron chi connectivity index (χ0n) is 13.4. The highest BCUT2D eigenvalue weighted by Crippen LogP contribution is 2.51. The van der Waals surface area contributed by atoms with E-state index in [1.165, 1.54) is 12.8 Å². The molecule has 2 aliphatic rings. The average Bonchev–Trinajstić information content (AvgIpc) is 2.43. The van der Waals surface area contributed by atoms with Crippen LogP contribution in [0.2, 0.25) is 0 Å². The number of nitrogens with one attached hydrogen (secondary N) is 2. The quantitative estimate of drug-likeness (QED) is 0.784. The van der Waals surface area contributed by atoms with Gasteiger partial charge in [0.2, 0.25) is 5.91 Å². The molecule has 4 unspecified atom stereocenters. The fourth-order valence-electron chi connectivity index (χ4n) is 3.73. The lowest BCUT2D eigenvalue weighted by Gasteiger charge is -2.60. The number of hydrogen-bond donors (Lipinski definition) is 2. The molecule has 0 spiro atoms. The van der Waals surface area contributed by atoms with Crippen molar-refractivity contribution < 1.29 is 9.53 Å². The summed E-state index contributed by atoms with van der Waals surface area (Å²) in [6, 6.07) is 0.767. The Morgan fingerprint density at radius 1 is 1.45 bits per heavy atom. The molecule has 1 amide bonds. The van der Waals surface area contributed by atoms with Crippen LogP contribution in [0, 0.1) is 11.3 Å². The smallest absolute Gasteiger partial charge is 0.221 e. The minimum Gasteiger partial charge on any atom is -0.377 e. The summed E-state index contributed by atoms with van der Waals surface area (Å²) < 4.78 is 5.90. The molecule has 0 bridgehead atoms. The first-order chi connectivity index (χ1) is 9.46. The van der Waals surface area contributed by atoms with Gasteiger partial charge in [0.1, 0.15) is 0 Å². The van der Waals surface area contributed by atoms with Crippen LogP contribution in [0.3, 0.4) is 0 Å². The molecule has 20 heavy (non-hydrogen) atoms. The molecular formula is C16H30N2O2. The Kier molecular flexibility index (Phi) is 5.08. The van der Waals surface area contributed by atoms with E-state index in [1.54, 1.807) is 0 Å². The van der Waals surface area contributed by atoms with Crippen molar-refractivity contribution in [2.45, 2.75) is 71.6 Å². The predicted octanol–water partition coefficient (Wildman–Crippen LogP) is 2.08. The van der Waals surface area contributed by atoms with Crippen molar-refractivity contribution in [2.75, 3.05) is 13.2 Å². The summed E-state index contributed by atoms with van der Waals surface area (Å²) in [6.45, 7) is 10.4. The molecule has 2 fully saturated rings. The Balaban J connectivity index is 1.73. The molecule has 0 aromatic rings. The summed E-state index contributed by atoms with van der Waals surface area (Å²) in [5.74, 6) is 0.789. The fraction of sp³-hybridized carbons (Fsp3) is 0.938. The largest absolute Gasteiger partial charge is 0.377 e. The van der Waals surface area contributed by atoms with Crippen LogP contribution in [0.1, 0.15) is 53.4 Å². The highest BCUT2D eigenvalue weighted by molar-refractivity contribution is 5.76. The molecule has 2 rings (SSSR count). The zero-order chi connectivity index (χ0) is 14.8. The van der Waals surface area contributed by atoms with Crippen molar-refractivity contribution in [1.29, 1.82) is 0 Å². The third kappa shape index (κ3) is 3.17. The third-order valence-corrected chi connectivity index (χ3v) is 5.07. The van der Waals surface area contributed by atoms with E-state index in [0.717, 1.165) is 19.6 Å². The monoisotopic (exact) mass is 282 g/mol. The summed E-state index contributed by atoms with van der Waals surface area (Å²) in [4.78, 5) is 11.8. The van der Waals surface area contributed by atoms with E-state index in [2.05, 4.69) is 31.4 Å². The van der Waals surface area contributed by atoms with E-state index < -0.39 is 0 Å². The van der Waals surface area contributed by atoms with Gasteiger partial charge in [-0.2, -0.15) is 0 Å². The first kappa shape index (κ1) is 15.8. The van der Waals surface area contributed by atoms with Gasteiger partial charge in [-0.1, -0.05) is 20.8 Å². The topological polar surface area (TPSA) is 50.4 Å². The fourth-order valence-corrected chi connectivity index (χ4v) is 3.73. The number of amides is 1. The lowest BCUT2D eigenvalue weighted by atomic mass is 9.55. The summed E-state index contributed by atoms with van der Waals surface area (Å²) in [5.41, 5.74) is 0.193. The minimum absolute atomic E-state index is 0.153.